The molecule has 2 aromatic rings. The van der Waals surface area contributed by atoms with Crippen molar-refractivity contribution in [3.8, 4) is 0 Å². The highest BCUT2D eigenvalue weighted by Gasteiger charge is 2.40. The molecule has 3 heterocycles. The van der Waals surface area contributed by atoms with Crippen molar-refractivity contribution < 1.29 is 14.6 Å². The molecule has 1 aromatic heterocycles. The Bertz CT molecular complexity index is 863. The highest BCUT2D eigenvalue weighted by molar-refractivity contribution is 5.87. The number of carboxylic acids is 1. The van der Waals surface area contributed by atoms with Crippen LogP contribution in [0.4, 0.5) is 0 Å². The molecule has 3 atom stereocenters. The number of likely N-dealkylation sites (tertiary alicyclic amines) is 1. The van der Waals surface area contributed by atoms with Gasteiger partial charge in [0, 0.05) is 38.1 Å². The number of ether oxygens (including phenoxy) is 1. The third kappa shape index (κ3) is 4.86. The zero-order chi connectivity index (χ0) is 21.8. The average molecular weight is 426 g/mol. The van der Waals surface area contributed by atoms with Gasteiger partial charge in [-0.2, -0.15) is 0 Å². The molecule has 168 valence electrons. The Morgan fingerprint density at radius 2 is 2.06 bits per heavy atom. The summed E-state index contributed by atoms with van der Waals surface area (Å²) in [6.45, 7) is 11.4. The lowest BCUT2D eigenvalue weighted by atomic mass is 9.67. The van der Waals surface area contributed by atoms with E-state index in [-0.39, 0.29) is 5.41 Å². The van der Waals surface area contributed by atoms with Crippen molar-refractivity contribution >= 4 is 5.97 Å². The molecular formula is C25H35N3O3. The molecule has 0 aliphatic carbocycles. The number of aromatic nitrogens is 1. The molecule has 0 amide bonds. The molecule has 0 radical (unpaired) electrons. The van der Waals surface area contributed by atoms with E-state index in [0.717, 1.165) is 64.3 Å². The molecule has 1 aromatic carbocycles. The lowest BCUT2D eigenvalue weighted by molar-refractivity contribution is 0.0260. The van der Waals surface area contributed by atoms with Gasteiger partial charge in [0.25, 0.3) is 0 Å². The van der Waals surface area contributed by atoms with E-state index in [4.69, 9.17) is 4.74 Å². The topological polar surface area (TPSA) is 68.8 Å². The Hall–Kier alpha value is -2.15. The average Bonchev–Trinajstić information content (AvgIpc) is 3.32. The van der Waals surface area contributed by atoms with Gasteiger partial charge in [0.05, 0.1) is 24.8 Å². The van der Waals surface area contributed by atoms with Crippen LogP contribution in [0, 0.1) is 5.92 Å². The highest BCUT2D eigenvalue weighted by atomic mass is 16.5. The number of morpholine rings is 1. The quantitative estimate of drug-likeness (QED) is 0.707. The summed E-state index contributed by atoms with van der Waals surface area (Å²) in [6, 6.07) is 12.2. The molecule has 6 heteroatoms. The van der Waals surface area contributed by atoms with Gasteiger partial charge in [0.1, 0.15) is 0 Å². The SMILES string of the molecule is C[C@H]1CN(C(CCN2CCOCC2)c2ccc[nH]2)CC[C@@]1(C)c1cccc(C(=O)O)c1. The third-order valence-electron chi connectivity index (χ3n) is 7.53. The number of carbonyl (C=O) groups is 1. The maximum absolute atomic E-state index is 11.5. The molecule has 2 saturated heterocycles. The summed E-state index contributed by atoms with van der Waals surface area (Å²) in [5.41, 5.74) is 2.79. The van der Waals surface area contributed by atoms with Crippen LogP contribution in [-0.4, -0.2) is 71.8 Å². The van der Waals surface area contributed by atoms with E-state index in [0.29, 0.717) is 17.5 Å². The minimum atomic E-state index is -0.856. The number of hydrogen-bond donors (Lipinski definition) is 2. The number of carboxylic acid groups (broad SMARTS) is 1. The van der Waals surface area contributed by atoms with E-state index in [1.807, 2.05) is 18.3 Å². The van der Waals surface area contributed by atoms with Crippen molar-refractivity contribution in [1.82, 2.24) is 14.8 Å². The van der Waals surface area contributed by atoms with Gasteiger partial charge >= 0.3 is 5.97 Å². The monoisotopic (exact) mass is 425 g/mol. The fourth-order valence-corrected chi connectivity index (χ4v) is 5.20. The van der Waals surface area contributed by atoms with E-state index >= 15 is 0 Å². The van der Waals surface area contributed by atoms with E-state index in [1.54, 1.807) is 6.07 Å². The van der Waals surface area contributed by atoms with Crippen LogP contribution in [-0.2, 0) is 10.2 Å². The van der Waals surface area contributed by atoms with Crippen molar-refractivity contribution in [2.75, 3.05) is 45.9 Å². The zero-order valence-corrected chi connectivity index (χ0v) is 18.7. The standard InChI is InChI=1S/C25H35N3O3/c1-19-18-28(12-9-25(19,2)21-6-3-5-20(17-21)24(29)30)23(22-7-4-10-26-22)8-11-27-13-15-31-16-14-27/h3-7,10,17,19,23,26H,8-9,11-16,18H2,1-2H3,(H,29,30)/t19-,23?,25+/m0/s1. The molecule has 0 bridgehead atoms. The summed E-state index contributed by atoms with van der Waals surface area (Å²) >= 11 is 0. The number of rotatable bonds is 7. The van der Waals surface area contributed by atoms with Gasteiger partial charge in [0.2, 0.25) is 0 Å². The van der Waals surface area contributed by atoms with Gasteiger partial charge in [-0.3, -0.25) is 9.80 Å². The number of nitrogens with one attached hydrogen (secondary N) is 1. The van der Waals surface area contributed by atoms with Crippen LogP contribution in [0.3, 0.4) is 0 Å². The molecule has 2 fully saturated rings. The number of aromatic amines is 1. The van der Waals surface area contributed by atoms with Gasteiger partial charge in [-0.05, 0) is 60.5 Å². The normalized spacial score (nSPS) is 26.6. The summed E-state index contributed by atoms with van der Waals surface area (Å²) in [6.07, 6.45) is 4.14. The van der Waals surface area contributed by atoms with Crippen LogP contribution in [0.15, 0.2) is 42.6 Å². The molecule has 1 unspecified atom stereocenters. The van der Waals surface area contributed by atoms with Gasteiger partial charge in [-0.15, -0.1) is 0 Å². The van der Waals surface area contributed by atoms with Gasteiger partial charge in [-0.25, -0.2) is 4.79 Å². The van der Waals surface area contributed by atoms with Crippen LogP contribution >= 0.6 is 0 Å². The molecule has 2 aliphatic heterocycles. The summed E-state index contributed by atoms with van der Waals surface area (Å²) in [5, 5.41) is 9.42. The van der Waals surface area contributed by atoms with Crippen molar-refractivity contribution in [2.45, 2.75) is 38.1 Å². The van der Waals surface area contributed by atoms with Crippen LogP contribution in [0.5, 0.6) is 0 Å². The molecular weight excluding hydrogens is 390 g/mol. The maximum atomic E-state index is 11.5. The molecule has 0 saturated carbocycles. The first-order chi connectivity index (χ1) is 15.0. The Labute approximate surface area is 185 Å². The minimum Gasteiger partial charge on any atom is -0.478 e. The summed E-state index contributed by atoms with van der Waals surface area (Å²) in [7, 11) is 0. The summed E-state index contributed by atoms with van der Waals surface area (Å²) in [4.78, 5) is 20.1. The number of aromatic carboxylic acids is 1. The molecule has 4 rings (SSSR count). The Morgan fingerprint density at radius 1 is 1.26 bits per heavy atom. The Morgan fingerprint density at radius 3 is 2.74 bits per heavy atom. The molecule has 0 spiro atoms. The molecule has 2 aliphatic rings. The second kappa shape index (κ2) is 9.55. The number of piperidine rings is 1. The van der Waals surface area contributed by atoms with Gasteiger partial charge < -0.3 is 14.8 Å². The van der Waals surface area contributed by atoms with Crippen molar-refractivity contribution in [2.24, 2.45) is 5.92 Å². The number of hydrogen-bond acceptors (Lipinski definition) is 4. The van der Waals surface area contributed by atoms with Crippen LogP contribution in [0.1, 0.15) is 54.3 Å². The van der Waals surface area contributed by atoms with E-state index in [1.165, 1.54) is 5.69 Å². The number of benzene rings is 1. The number of nitrogens with zero attached hydrogens (tertiary/aromatic N) is 2. The summed E-state index contributed by atoms with van der Waals surface area (Å²) < 4.78 is 5.50. The predicted octanol–water partition coefficient (Wildman–Crippen LogP) is 3.78. The molecule has 2 N–H and O–H groups in total. The summed E-state index contributed by atoms with van der Waals surface area (Å²) in [5.74, 6) is -0.434. The maximum Gasteiger partial charge on any atom is 0.335 e. The predicted molar refractivity (Wildman–Crippen MR) is 122 cm³/mol. The van der Waals surface area contributed by atoms with Crippen molar-refractivity contribution in [3.05, 3.63) is 59.4 Å². The van der Waals surface area contributed by atoms with Crippen LogP contribution < -0.4 is 0 Å². The third-order valence-corrected chi connectivity index (χ3v) is 7.53. The first kappa shape index (κ1) is 22.1. The smallest absolute Gasteiger partial charge is 0.335 e. The highest BCUT2D eigenvalue weighted by Crippen LogP contribution is 2.42. The van der Waals surface area contributed by atoms with Gasteiger partial charge in [-0.1, -0.05) is 26.0 Å². The molecule has 31 heavy (non-hydrogen) atoms. The lowest BCUT2D eigenvalue weighted by Crippen LogP contribution is -2.49. The van der Waals surface area contributed by atoms with Crippen molar-refractivity contribution in [1.29, 1.82) is 0 Å². The van der Waals surface area contributed by atoms with Crippen LogP contribution in [0.2, 0.25) is 0 Å². The largest absolute Gasteiger partial charge is 0.478 e. The van der Waals surface area contributed by atoms with E-state index in [2.05, 4.69) is 46.8 Å². The van der Waals surface area contributed by atoms with Crippen molar-refractivity contribution in [3.63, 3.8) is 0 Å². The fourth-order valence-electron chi connectivity index (χ4n) is 5.20. The Balaban J connectivity index is 1.48. The first-order valence-electron chi connectivity index (χ1n) is 11.5. The molecule has 6 nitrogen and oxygen atoms in total. The fraction of sp³-hybridized carbons (Fsp3) is 0.560. The Kier molecular flexibility index (Phi) is 6.80. The second-order valence-electron chi connectivity index (χ2n) is 9.33. The zero-order valence-electron chi connectivity index (χ0n) is 18.7. The van der Waals surface area contributed by atoms with E-state index in [9.17, 15) is 9.90 Å². The minimum absolute atomic E-state index is 0.0214. The number of H-pyrrole nitrogens is 1. The first-order valence-corrected chi connectivity index (χ1v) is 11.5. The van der Waals surface area contributed by atoms with Gasteiger partial charge in [0.15, 0.2) is 0 Å². The van der Waals surface area contributed by atoms with E-state index < -0.39 is 5.97 Å². The lowest BCUT2D eigenvalue weighted by Gasteiger charge is -2.47. The van der Waals surface area contributed by atoms with Crippen LogP contribution in [0.25, 0.3) is 0 Å². The second-order valence-corrected chi connectivity index (χ2v) is 9.33.